The van der Waals surface area contributed by atoms with E-state index in [1.54, 1.807) is 18.9 Å². The van der Waals surface area contributed by atoms with Gasteiger partial charge in [-0.05, 0) is 52.9 Å². The summed E-state index contributed by atoms with van der Waals surface area (Å²) in [6.07, 6.45) is 0.277. The number of carbonyl (C=O) groups excluding carboxylic acids is 2. The third kappa shape index (κ3) is 5.22. The van der Waals surface area contributed by atoms with Gasteiger partial charge in [0, 0.05) is 11.4 Å². The van der Waals surface area contributed by atoms with Crippen molar-refractivity contribution in [1.82, 2.24) is 0 Å². The highest BCUT2D eigenvalue weighted by atomic mass is 32.2. The van der Waals surface area contributed by atoms with E-state index in [0.717, 1.165) is 33.8 Å². The Bertz CT molecular complexity index is 1140. The minimum atomic E-state index is -0.129. The Labute approximate surface area is 199 Å². The first kappa shape index (κ1) is 22.9. The summed E-state index contributed by atoms with van der Waals surface area (Å²) >= 11 is 1.61. The fourth-order valence-corrected chi connectivity index (χ4v) is 5.19. The van der Waals surface area contributed by atoms with Gasteiger partial charge in [0.1, 0.15) is 11.1 Å². The van der Waals surface area contributed by atoms with Crippen LogP contribution in [-0.4, -0.2) is 24.7 Å². The van der Waals surface area contributed by atoms with E-state index in [0.29, 0.717) is 11.7 Å². The van der Waals surface area contributed by atoms with Crippen LogP contribution in [0.4, 0.5) is 11.4 Å². The quantitative estimate of drug-likeness (QED) is 0.486. The Morgan fingerprint density at radius 3 is 2.58 bits per heavy atom. The molecule has 0 radical (unpaired) electrons. The number of thioether (sulfide) groups is 1. The smallest absolute Gasteiger partial charge is 0.238 e. The second kappa shape index (κ2) is 10.1. The van der Waals surface area contributed by atoms with Crippen molar-refractivity contribution in [2.45, 2.75) is 31.6 Å². The average molecular weight is 461 g/mol. The van der Waals surface area contributed by atoms with E-state index in [1.165, 1.54) is 0 Å². The van der Waals surface area contributed by atoms with E-state index in [-0.39, 0.29) is 23.6 Å². The minimum absolute atomic E-state index is 0.0884. The third-order valence-corrected chi connectivity index (χ3v) is 6.88. The molecule has 0 bridgehead atoms. The van der Waals surface area contributed by atoms with Gasteiger partial charge in [0.15, 0.2) is 0 Å². The zero-order chi connectivity index (χ0) is 23.4. The predicted octanol–water partition coefficient (Wildman–Crippen LogP) is 5.78. The highest BCUT2D eigenvalue weighted by Crippen LogP contribution is 2.44. The summed E-state index contributed by atoms with van der Waals surface area (Å²) < 4.78 is 5.17. The SMILES string of the molecule is COc1ccc(CC(=O)Nc2cccc([C@H]3SCC(=O)N3c3ccccc3C(C)C)c2)cc1. The lowest BCUT2D eigenvalue weighted by Gasteiger charge is -2.28. The van der Waals surface area contributed by atoms with Crippen LogP contribution in [0.1, 0.15) is 41.8 Å². The second-order valence-electron chi connectivity index (χ2n) is 8.34. The Balaban J connectivity index is 1.53. The number of hydrogen-bond acceptors (Lipinski definition) is 4. The predicted molar refractivity (Wildman–Crippen MR) is 135 cm³/mol. The molecule has 0 spiro atoms. The molecule has 3 aromatic carbocycles. The summed E-state index contributed by atoms with van der Waals surface area (Å²) in [7, 11) is 1.62. The van der Waals surface area contributed by atoms with Crippen molar-refractivity contribution in [3.05, 3.63) is 89.5 Å². The van der Waals surface area contributed by atoms with Crippen LogP contribution in [0.5, 0.6) is 5.75 Å². The van der Waals surface area contributed by atoms with E-state index in [4.69, 9.17) is 4.74 Å². The summed E-state index contributed by atoms with van der Waals surface area (Å²) in [5, 5.41) is 2.87. The molecule has 2 amide bonds. The van der Waals surface area contributed by atoms with Gasteiger partial charge < -0.3 is 10.1 Å². The molecule has 3 aromatic rings. The molecule has 170 valence electrons. The molecule has 1 N–H and O–H groups in total. The number of methoxy groups -OCH3 is 1. The highest BCUT2D eigenvalue weighted by Gasteiger charge is 2.35. The maximum Gasteiger partial charge on any atom is 0.238 e. The first-order valence-electron chi connectivity index (χ1n) is 11.0. The van der Waals surface area contributed by atoms with E-state index in [2.05, 4.69) is 25.2 Å². The number of amides is 2. The van der Waals surface area contributed by atoms with Crippen LogP contribution < -0.4 is 15.0 Å². The monoisotopic (exact) mass is 460 g/mol. The van der Waals surface area contributed by atoms with Gasteiger partial charge in [-0.2, -0.15) is 0 Å². The summed E-state index contributed by atoms with van der Waals surface area (Å²) in [5.41, 5.74) is 4.75. The number of nitrogens with one attached hydrogen (secondary N) is 1. The Hall–Kier alpha value is -3.25. The number of nitrogens with zero attached hydrogens (tertiary/aromatic N) is 1. The van der Waals surface area contributed by atoms with Gasteiger partial charge in [-0.15, -0.1) is 11.8 Å². The van der Waals surface area contributed by atoms with Crippen LogP contribution in [0.2, 0.25) is 0 Å². The van der Waals surface area contributed by atoms with Crippen LogP contribution >= 0.6 is 11.8 Å². The minimum Gasteiger partial charge on any atom is -0.497 e. The molecule has 0 saturated carbocycles. The number of hydrogen-bond donors (Lipinski definition) is 1. The number of carbonyl (C=O) groups is 2. The standard InChI is InChI=1S/C27H28N2O3S/c1-18(2)23-9-4-5-10-24(23)29-26(31)17-33-27(29)20-7-6-8-21(16-20)28-25(30)15-19-11-13-22(32-3)14-12-19/h4-14,16,18,27H,15,17H2,1-3H3,(H,28,30)/t27-/m1/s1. The molecule has 0 aromatic heterocycles. The lowest BCUT2D eigenvalue weighted by Crippen LogP contribution is -2.29. The van der Waals surface area contributed by atoms with Crippen molar-refractivity contribution in [3.63, 3.8) is 0 Å². The van der Waals surface area contributed by atoms with E-state index in [9.17, 15) is 9.59 Å². The van der Waals surface area contributed by atoms with Gasteiger partial charge in [-0.1, -0.05) is 56.3 Å². The van der Waals surface area contributed by atoms with Crippen molar-refractivity contribution in [1.29, 1.82) is 0 Å². The summed E-state index contributed by atoms with van der Waals surface area (Å²) in [5.74, 6) is 1.52. The first-order chi connectivity index (χ1) is 16.0. The van der Waals surface area contributed by atoms with Gasteiger partial charge in [0.2, 0.25) is 11.8 Å². The van der Waals surface area contributed by atoms with Crippen molar-refractivity contribution in [2.75, 3.05) is 23.1 Å². The number of para-hydroxylation sites is 1. The summed E-state index contributed by atoms with van der Waals surface area (Å²) in [4.78, 5) is 27.4. The molecule has 1 heterocycles. The fourth-order valence-electron chi connectivity index (χ4n) is 4.03. The van der Waals surface area contributed by atoms with Crippen LogP contribution in [0, 0.1) is 0 Å². The lowest BCUT2D eigenvalue weighted by molar-refractivity contribution is -0.116. The molecule has 5 nitrogen and oxygen atoms in total. The molecule has 0 unspecified atom stereocenters. The van der Waals surface area contributed by atoms with Gasteiger partial charge in [-0.25, -0.2) is 0 Å². The van der Waals surface area contributed by atoms with Crippen LogP contribution in [0.3, 0.4) is 0 Å². The van der Waals surface area contributed by atoms with Crippen molar-refractivity contribution in [2.24, 2.45) is 0 Å². The third-order valence-electron chi connectivity index (χ3n) is 5.67. The van der Waals surface area contributed by atoms with Gasteiger partial charge in [0.25, 0.3) is 0 Å². The van der Waals surface area contributed by atoms with Crippen LogP contribution in [0.25, 0.3) is 0 Å². The molecule has 1 atom stereocenters. The van der Waals surface area contributed by atoms with Crippen LogP contribution in [-0.2, 0) is 16.0 Å². The molecular formula is C27H28N2O3S. The van der Waals surface area contributed by atoms with Gasteiger partial charge in [-0.3, -0.25) is 14.5 Å². The summed E-state index contributed by atoms with van der Waals surface area (Å²) in [6, 6.07) is 23.4. The van der Waals surface area contributed by atoms with Gasteiger partial charge >= 0.3 is 0 Å². The average Bonchev–Trinajstić information content (AvgIpc) is 3.21. The topological polar surface area (TPSA) is 58.6 Å². The van der Waals surface area contributed by atoms with Gasteiger partial charge in [0.05, 0.1) is 19.3 Å². The molecule has 1 aliphatic heterocycles. The molecule has 1 aliphatic rings. The molecule has 0 aliphatic carbocycles. The lowest BCUT2D eigenvalue weighted by atomic mass is 10.00. The summed E-state index contributed by atoms with van der Waals surface area (Å²) in [6.45, 7) is 4.28. The molecular weight excluding hydrogens is 432 g/mol. The molecule has 4 rings (SSSR count). The highest BCUT2D eigenvalue weighted by molar-refractivity contribution is 8.00. The van der Waals surface area contributed by atoms with E-state index < -0.39 is 0 Å². The maximum atomic E-state index is 12.9. The van der Waals surface area contributed by atoms with E-state index >= 15 is 0 Å². The number of rotatable bonds is 7. The van der Waals surface area contributed by atoms with Crippen LogP contribution in [0.15, 0.2) is 72.8 Å². The number of anilines is 2. The van der Waals surface area contributed by atoms with Crippen molar-refractivity contribution < 1.29 is 14.3 Å². The second-order valence-corrected chi connectivity index (χ2v) is 9.41. The Kier molecular flexibility index (Phi) is 7.04. The normalized spacial score (nSPS) is 15.7. The maximum absolute atomic E-state index is 12.9. The molecule has 33 heavy (non-hydrogen) atoms. The Morgan fingerprint density at radius 2 is 1.85 bits per heavy atom. The first-order valence-corrected chi connectivity index (χ1v) is 12.1. The molecule has 1 fully saturated rings. The van der Waals surface area contributed by atoms with E-state index in [1.807, 2.05) is 71.6 Å². The fraction of sp³-hybridized carbons (Fsp3) is 0.259. The zero-order valence-electron chi connectivity index (χ0n) is 19.1. The molecule has 6 heteroatoms. The zero-order valence-corrected chi connectivity index (χ0v) is 19.9. The number of ether oxygens (including phenoxy) is 1. The van der Waals surface area contributed by atoms with Crippen molar-refractivity contribution in [3.8, 4) is 5.75 Å². The number of benzene rings is 3. The van der Waals surface area contributed by atoms with Crippen molar-refractivity contribution >= 4 is 35.0 Å². The molecule has 1 saturated heterocycles. The largest absolute Gasteiger partial charge is 0.497 e. The Morgan fingerprint density at radius 1 is 1.09 bits per heavy atom.